The summed E-state index contributed by atoms with van der Waals surface area (Å²) in [6, 6.07) is 10.2. The van der Waals surface area contributed by atoms with Crippen molar-refractivity contribution in [3.05, 3.63) is 65.2 Å². The molecule has 0 aliphatic carbocycles. The highest BCUT2D eigenvalue weighted by Crippen LogP contribution is 2.25. The zero-order valence-corrected chi connectivity index (χ0v) is 10.4. The van der Waals surface area contributed by atoms with Crippen molar-refractivity contribution < 1.29 is 18.6 Å². The van der Waals surface area contributed by atoms with E-state index in [0.717, 1.165) is 23.8 Å². The van der Waals surface area contributed by atoms with Crippen LogP contribution in [-0.4, -0.2) is 12.2 Å². The van der Waals surface area contributed by atoms with Crippen LogP contribution in [0, 0.1) is 11.6 Å². The molecular weight excluding hydrogens is 250 g/mol. The molecule has 1 N–H and O–H groups in total. The molecule has 0 fully saturated rings. The smallest absolute Gasteiger partial charge is 0.126 e. The van der Waals surface area contributed by atoms with Crippen LogP contribution in [0.2, 0.25) is 0 Å². The quantitative estimate of drug-likeness (QED) is 0.918. The van der Waals surface area contributed by atoms with Gasteiger partial charge in [-0.25, -0.2) is 8.78 Å². The summed E-state index contributed by atoms with van der Waals surface area (Å²) in [5, 5.41) is 10.1. The Bertz CT molecular complexity index is 550. The zero-order chi connectivity index (χ0) is 13.8. The number of rotatable bonds is 4. The maximum Gasteiger partial charge on any atom is 0.126 e. The molecule has 2 nitrogen and oxygen atoms in total. The van der Waals surface area contributed by atoms with Crippen LogP contribution in [0.1, 0.15) is 17.2 Å². The lowest BCUT2D eigenvalue weighted by Gasteiger charge is -2.14. The van der Waals surface area contributed by atoms with Gasteiger partial charge in [0, 0.05) is 12.5 Å². The first-order valence-corrected chi connectivity index (χ1v) is 5.86. The molecule has 0 aliphatic heterocycles. The Morgan fingerprint density at radius 1 is 1.11 bits per heavy atom. The Balaban J connectivity index is 2.22. The number of hydrogen-bond acceptors (Lipinski definition) is 2. The van der Waals surface area contributed by atoms with Gasteiger partial charge in [0.15, 0.2) is 0 Å². The molecule has 0 spiro atoms. The molecular formula is C15H14F2O2. The number of benzene rings is 2. The second-order valence-corrected chi connectivity index (χ2v) is 4.23. The number of hydrogen-bond donors (Lipinski definition) is 1. The van der Waals surface area contributed by atoms with Gasteiger partial charge in [-0.3, -0.25) is 0 Å². The third kappa shape index (κ3) is 3.29. The van der Waals surface area contributed by atoms with Gasteiger partial charge in [0.1, 0.15) is 17.4 Å². The molecule has 2 rings (SSSR count). The maximum absolute atomic E-state index is 13.1. The number of ether oxygens (including phenoxy) is 1. The molecule has 2 aromatic rings. The summed E-state index contributed by atoms with van der Waals surface area (Å²) in [7, 11) is 1.53. The summed E-state index contributed by atoms with van der Waals surface area (Å²) >= 11 is 0. The highest BCUT2D eigenvalue weighted by molar-refractivity contribution is 5.35. The standard InChI is InChI=1S/C15H14F2O2/c1-19-15-5-3-2-4-10(15)8-14(18)11-6-12(16)9-13(17)7-11/h2-7,9,14,18H,8H2,1H3. The van der Waals surface area contributed by atoms with E-state index in [9.17, 15) is 13.9 Å². The van der Waals surface area contributed by atoms with Crippen LogP contribution < -0.4 is 4.74 Å². The molecule has 4 heteroatoms. The fourth-order valence-electron chi connectivity index (χ4n) is 1.97. The van der Waals surface area contributed by atoms with Crippen molar-refractivity contribution in [3.63, 3.8) is 0 Å². The lowest BCUT2D eigenvalue weighted by Crippen LogP contribution is -2.04. The van der Waals surface area contributed by atoms with E-state index < -0.39 is 17.7 Å². The lowest BCUT2D eigenvalue weighted by atomic mass is 10.0. The highest BCUT2D eigenvalue weighted by atomic mass is 19.1. The van der Waals surface area contributed by atoms with Crippen molar-refractivity contribution >= 4 is 0 Å². The molecule has 100 valence electrons. The van der Waals surface area contributed by atoms with Crippen molar-refractivity contribution in [2.45, 2.75) is 12.5 Å². The monoisotopic (exact) mass is 264 g/mol. The van der Waals surface area contributed by atoms with Crippen molar-refractivity contribution in [1.82, 2.24) is 0 Å². The van der Waals surface area contributed by atoms with Gasteiger partial charge in [-0.15, -0.1) is 0 Å². The van der Waals surface area contributed by atoms with Crippen LogP contribution in [0.25, 0.3) is 0 Å². The van der Waals surface area contributed by atoms with E-state index in [-0.39, 0.29) is 12.0 Å². The molecule has 19 heavy (non-hydrogen) atoms. The lowest BCUT2D eigenvalue weighted by molar-refractivity contribution is 0.176. The number of aliphatic hydroxyl groups excluding tert-OH is 1. The van der Waals surface area contributed by atoms with E-state index in [1.54, 1.807) is 12.1 Å². The van der Waals surface area contributed by atoms with E-state index in [0.29, 0.717) is 5.75 Å². The fraction of sp³-hybridized carbons (Fsp3) is 0.200. The average molecular weight is 264 g/mol. The van der Waals surface area contributed by atoms with Gasteiger partial charge in [0.2, 0.25) is 0 Å². The van der Waals surface area contributed by atoms with Gasteiger partial charge in [-0.2, -0.15) is 0 Å². The van der Waals surface area contributed by atoms with Crippen LogP contribution in [0.3, 0.4) is 0 Å². The summed E-state index contributed by atoms with van der Waals surface area (Å²) in [6.07, 6.45) is -0.756. The SMILES string of the molecule is COc1ccccc1CC(O)c1cc(F)cc(F)c1. The third-order valence-corrected chi connectivity index (χ3v) is 2.88. The topological polar surface area (TPSA) is 29.5 Å². The van der Waals surface area contributed by atoms with Gasteiger partial charge >= 0.3 is 0 Å². The second kappa shape index (κ2) is 5.80. The normalized spacial score (nSPS) is 12.2. The average Bonchev–Trinajstić information content (AvgIpc) is 2.38. The van der Waals surface area contributed by atoms with E-state index in [1.165, 1.54) is 7.11 Å². The molecule has 0 heterocycles. The largest absolute Gasteiger partial charge is 0.496 e. The van der Waals surface area contributed by atoms with Crippen LogP contribution in [-0.2, 0) is 6.42 Å². The molecule has 1 atom stereocenters. The molecule has 0 saturated heterocycles. The van der Waals surface area contributed by atoms with Gasteiger partial charge in [0.05, 0.1) is 13.2 Å². The third-order valence-electron chi connectivity index (χ3n) is 2.88. The molecule has 0 amide bonds. The zero-order valence-electron chi connectivity index (χ0n) is 10.4. The van der Waals surface area contributed by atoms with E-state index >= 15 is 0 Å². The number of halogens is 2. The molecule has 1 unspecified atom stereocenters. The molecule has 0 aliphatic rings. The van der Waals surface area contributed by atoms with Gasteiger partial charge < -0.3 is 9.84 Å². The van der Waals surface area contributed by atoms with E-state index in [2.05, 4.69) is 0 Å². The minimum atomic E-state index is -0.985. The Hall–Kier alpha value is -1.94. The number of aliphatic hydroxyl groups is 1. The van der Waals surface area contributed by atoms with Crippen molar-refractivity contribution in [1.29, 1.82) is 0 Å². The van der Waals surface area contributed by atoms with Crippen molar-refractivity contribution in [3.8, 4) is 5.75 Å². The number of methoxy groups -OCH3 is 1. The number of para-hydroxylation sites is 1. The van der Waals surface area contributed by atoms with E-state index in [1.807, 2.05) is 12.1 Å². The van der Waals surface area contributed by atoms with Crippen LogP contribution >= 0.6 is 0 Å². The van der Waals surface area contributed by atoms with Crippen molar-refractivity contribution in [2.24, 2.45) is 0 Å². The first kappa shape index (κ1) is 13.5. The summed E-state index contributed by atoms with van der Waals surface area (Å²) in [5.74, 6) is -0.762. The molecule has 0 aromatic heterocycles. The predicted molar refractivity (Wildman–Crippen MR) is 68.0 cm³/mol. The van der Waals surface area contributed by atoms with Gasteiger partial charge in [-0.05, 0) is 29.3 Å². The predicted octanol–water partition coefficient (Wildman–Crippen LogP) is 3.25. The summed E-state index contributed by atoms with van der Waals surface area (Å²) in [4.78, 5) is 0. The molecule has 0 radical (unpaired) electrons. The molecule has 0 bridgehead atoms. The minimum Gasteiger partial charge on any atom is -0.496 e. The maximum atomic E-state index is 13.1. The van der Waals surface area contributed by atoms with Crippen LogP contribution in [0.15, 0.2) is 42.5 Å². The Morgan fingerprint density at radius 3 is 2.37 bits per heavy atom. The highest BCUT2D eigenvalue weighted by Gasteiger charge is 2.13. The molecule has 0 saturated carbocycles. The van der Waals surface area contributed by atoms with Crippen LogP contribution in [0.5, 0.6) is 5.75 Å². The first-order chi connectivity index (χ1) is 9.10. The Labute approximate surface area is 110 Å². The van der Waals surface area contributed by atoms with Crippen molar-refractivity contribution in [2.75, 3.05) is 7.11 Å². The first-order valence-electron chi connectivity index (χ1n) is 5.86. The summed E-state index contributed by atoms with van der Waals surface area (Å²) in [6.45, 7) is 0. The summed E-state index contributed by atoms with van der Waals surface area (Å²) in [5.41, 5.74) is 0.991. The summed E-state index contributed by atoms with van der Waals surface area (Å²) < 4.78 is 31.4. The minimum absolute atomic E-state index is 0.211. The van der Waals surface area contributed by atoms with E-state index in [4.69, 9.17) is 4.74 Å². The Kier molecular flexibility index (Phi) is 4.12. The Morgan fingerprint density at radius 2 is 1.74 bits per heavy atom. The molecule has 2 aromatic carbocycles. The van der Waals surface area contributed by atoms with Gasteiger partial charge in [-0.1, -0.05) is 18.2 Å². The fourth-order valence-corrected chi connectivity index (χ4v) is 1.97. The second-order valence-electron chi connectivity index (χ2n) is 4.23. The van der Waals surface area contributed by atoms with Gasteiger partial charge in [0.25, 0.3) is 0 Å². The van der Waals surface area contributed by atoms with Crippen LogP contribution in [0.4, 0.5) is 8.78 Å².